The minimum Gasteiger partial charge on any atom is -0.369 e. The van der Waals surface area contributed by atoms with Crippen molar-refractivity contribution in [3.63, 3.8) is 0 Å². The molecule has 0 spiro atoms. The summed E-state index contributed by atoms with van der Waals surface area (Å²) in [5.74, 6) is -0.429. The van der Waals surface area contributed by atoms with Gasteiger partial charge < -0.3 is 10.6 Å². The van der Waals surface area contributed by atoms with E-state index in [1.165, 1.54) is 0 Å². The minimum absolute atomic E-state index is 0.0877. The van der Waals surface area contributed by atoms with Crippen LogP contribution in [0.2, 0.25) is 0 Å². The first-order valence-electron chi connectivity index (χ1n) is 6.02. The predicted molar refractivity (Wildman–Crippen MR) is 66.7 cm³/mol. The van der Waals surface area contributed by atoms with Crippen LogP contribution in [-0.4, -0.2) is 34.8 Å². The second kappa shape index (κ2) is 4.76. The Bertz CT molecular complexity index is 461. The largest absolute Gasteiger partial charge is 0.369 e. The Hall–Kier alpha value is -1.91. The highest BCUT2D eigenvalue weighted by Crippen LogP contribution is 2.29. The average molecular weight is 247 g/mol. The SMILES string of the molecule is C[C@]1(C(N)=O)CCCN(C(=O)c2cccnc2)C1. The van der Waals surface area contributed by atoms with Gasteiger partial charge in [-0.15, -0.1) is 0 Å². The molecular weight excluding hydrogens is 230 g/mol. The van der Waals surface area contributed by atoms with Gasteiger partial charge in [0, 0.05) is 25.5 Å². The number of piperidine rings is 1. The topological polar surface area (TPSA) is 76.3 Å². The second-order valence-electron chi connectivity index (χ2n) is 5.00. The molecule has 0 radical (unpaired) electrons. The molecule has 1 aromatic heterocycles. The van der Waals surface area contributed by atoms with E-state index in [2.05, 4.69) is 4.98 Å². The number of primary amides is 1. The van der Waals surface area contributed by atoms with Gasteiger partial charge >= 0.3 is 0 Å². The van der Waals surface area contributed by atoms with E-state index >= 15 is 0 Å². The fraction of sp³-hybridized carbons (Fsp3) is 0.462. The van der Waals surface area contributed by atoms with Gasteiger partial charge in [0.25, 0.3) is 5.91 Å². The lowest BCUT2D eigenvalue weighted by Crippen LogP contribution is -2.50. The summed E-state index contributed by atoms with van der Waals surface area (Å²) < 4.78 is 0. The Morgan fingerprint density at radius 3 is 2.89 bits per heavy atom. The molecule has 2 N–H and O–H groups in total. The fourth-order valence-electron chi connectivity index (χ4n) is 2.29. The predicted octanol–water partition coefficient (Wildman–Crippen LogP) is 0.809. The molecule has 2 rings (SSSR count). The molecule has 2 heterocycles. The van der Waals surface area contributed by atoms with Gasteiger partial charge in [-0.2, -0.15) is 0 Å². The van der Waals surface area contributed by atoms with Gasteiger partial charge in [0.2, 0.25) is 5.91 Å². The summed E-state index contributed by atoms with van der Waals surface area (Å²) in [7, 11) is 0. The van der Waals surface area contributed by atoms with Gasteiger partial charge in [-0.05, 0) is 31.9 Å². The smallest absolute Gasteiger partial charge is 0.255 e. The Morgan fingerprint density at radius 2 is 2.28 bits per heavy atom. The van der Waals surface area contributed by atoms with Crippen molar-refractivity contribution in [1.29, 1.82) is 0 Å². The minimum atomic E-state index is -0.615. The first-order valence-corrected chi connectivity index (χ1v) is 6.02. The highest BCUT2D eigenvalue weighted by atomic mass is 16.2. The molecule has 1 saturated heterocycles. The van der Waals surface area contributed by atoms with Crippen LogP contribution in [0.25, 0.3) is 0 Å². The third-order valence-corrected chi connectivity index (χ3v) is 3.49. The van der Waals surface area contributed by atoms with Crippen LogP contribution in [-0.2, 0) is 4.79 Å². The number of carbonyl (C=O) groups excluding carboxylic acids is 2. The lowest BCUT2D eigenvalue weighted by atomic mass is 9.81. The number of nitrogens with zero attached hydrogens (tertiary/aromatic N) is 2. The van der Waals surface area contributed by atoms with Gasteiger partial charge in [0.15, 0.2) is 0 Å². The normalized spacial score (nSPS) is 23.7. The summed E-state index contributed by atoms with van der Waals surface area (Å²) in [6, 6.07) is 3.45. The monoisotopic (exact) mass is 247 g/mol. The summed E-state index contributed by atoms with van der Waals surface area (Å²) in [6.07, 6.45) is 4.70. The van der Waals surface area contributed by atoms with Crippen LogP contribution in [0.5, 0.6) is 0 Å². The first-order chi connectivity index (χ1) is 8.53. The Labute approximate surface area is 106 Å². The number of hydrogen-bond acceptors (Lipinski definition) is 3. The van der Waals surface area contributed by atoms with Gasteiger partial charge in [-0.25, -0.2) is 0 Å². The Balaban J connectivity index is 2.15. The molecule has 0 bridgehead atoms. The van der Waals surface area contributed by atoms with Crippen molar-refractivity contribution in [2.24, 2.45) is 11.1 Å². The van der Waals surface area contributed by atoms with Gasteiger partial charge in [-0.1, -0.05) is 0 Å². The molecule has 0 aromatic carbocycles. The van der Waals surface area contributed by atoms with E-state index in [0.717, 1.165) is 12.8 Å². The molecule has 0 saturated carbocycles. The number of rotatable bonds is 2. The van der Waals surface area contributed by atoms with Crippen molar-refractivity contribution in [2.75, 3.05) is 13.1 Å². The molecule has 0 aliphatic carbocycles. The maximum atomic E-state index is 12.2. The van der Waals surface area contributed by atoms with Gasteiger partial charge in [0.1, 0.15) is 0 Å². The van der Waals surface area contributed by atoms with E-state index < -0.39 is 5.41 Å². The highest BCUT2D eigenvalue weighted by molar-refractivity contribution is 5.94. The number of pyridine rings is 1. The molecule has 1 aromatic rings. The number of carbonyl (C=O) groups is 2. The molecule has 5 nitrogen and oxygen atoms in total. The van der Waals surface area contributed by atoms with Crippen molar-refractivity contribution in [3.05, 3.63) is 30.1 Å². The van der Waals surface area contributed by atoms with Crippen LogP contribution >= 0.6 is 0 Å². The van der Waals surface area contributed by atoms with Crippen LogP contribution in [0.1, 0.15) is 30.1 Å². The number of nitrogens with two attached hydrogens (primary N) is 1. The summed E-state index contributed by atoms with van der Waals surface area (Å²) in [4.78, 5) is 29.3. The van der Waals surface area contributed by atoms with E-state index in [1.807, 2.05) is 6.92 Å². The molecule has 5 heteroatoms. The van der Waals surface area contributed by atoms with Crippen molar-refractivity contribution < 1.29 is 9.59 Å². The summed E-state index contributed by atoms with van der Waals surface area (Å²) in [5.41, 5.74) is 5.35. The second-order valence-corrected chi connectivity index (χ2v) is 5.00. The maximum absolute atomic E-state index is 12.2. The maximum Gasteiger partial charge on any atom is 0.255 e. The van der Waals surface area contributed by atoms with Crippen molar-refractivity contribution >= 4 is 11.8 Å². The summed E-state index contributed by atoms with van der Waals surface area (Å²) in [6.45, 7) is 2.87. The third kappa shape index (κ3) is 2.34. The van der Waals surface area contributed by atoms with Crippen LogP contribution in [0.15, 0.2) is 24.5 Å². The van der Waals surface area contributed by atoms with Gasteiger partial charge in [0.05, 0.1) is 11.0 Å². The Kier molecular flexibility index (Phi) is 3.32. The molecule has 1 aliphatic heterocycles. The molecule has 1 atom stereocenters. The van der Waals surface area contributed by atoms with Crippen molar-refractivity contribution in [2.45, 2.75) is 19.8 Å². The van der Waals surface area contributed by atoms with Crippen LogP contribution in [0.3, 0.4) is 0 Å². The van der Waals surface area contributed by atoms with Crippen LogP contribution in [0.4, 0.5) is 0 Å². The van der Waals surface area contributed by atoms with E-state index in [-0.39, 0.29) is 11.8 Å². The first kappa shape index (κ1) is 12.5. The number of amides is 2. The molecular formula is C13H17N3O2. The van der Waals surface area contributed by atoms with Crippen LogP contribution in [0, 0.1) is 5.41 Å². The van der Waals surface area contributed by atoms with Crippen molar-refractivity contribution in [1.82, 2.24) is 9.88 Å². The number of likely N-dealkylation sites (tertiary alicyclic amines) is 1. The zero-order valence-electron chi connectivity index (χ0n) is 10.4. The van der Waals surface area contributed by atoms with Crippen LogP contribution < -0.4 is 5.73 Å². The van der Waals surface area contributed by atoms with Crippen molar-refractivity contribution in [3.8, 4) is 0 Å². The van der Waals surface area contributed by atoms with E-state index in [9.17, 15) is 9.59 Å². The fourth-order valence-corrected chi connectivity index (χ4v) is 2.29. The highest BCUT2D eigenvalue weighted by Gasteiger charge is 2.37. The standard InChI is InChI=1S/C13H17N3O2/c1-13(12(14)18)5-3-7-16(9-13)11(17)10-4-2-6-15-8-10/h2,4,6,8H,3,5,7,9H2,1H3,(H2,14,18)/t13-/m0/s1. The van der Waals surface area contributed by atoms with E-state index in [0.29, 0.717) is 18.7 Å². The lowest BCUT2D eigenvalue weighted by molar-refractivity contribution is -0.129. The van der Waals surface area contributed by atoms with E-state index in [1.54, 1.807) is 29.4 Å². The summed E-state index contributed by atoms with van der Waals surface area (Å²) in [5, 5.41) is 0. The molecule has 0 unspecified atom stereocenters. The van der Waals surface area contributed by atoms with E-state index in [4.69, 9.17) is 5.73 Å². The molecule has 1 fully saturated rings. The van der Waals surface area contributed by atoms with Gasteiger partial charge in [-0.3, -0.25) is 14.6 Å². The quantitative estimate of drug-likeness (QED) is 0.840. The number of aromatic nitrogens is 1. The molecule has 1 aliphatic rings. The molecule has 96 valence electrons. The average Bonchev–Trinajstić information content (AvgIpc) is 2.39. The molecule has 18 heavy (non-hydrogen) atoms. The summed E-state index contributed by atoms with van der Waals surface area (Å²) >= 11 is 0. The number of hydrogen-bond donors (Lipinski definition) is 1. The zero-order chi connectivity index (χ0) is 13.2. The zero-order valence-corrected chi connectivity index (χ0v) is 10.4. The Morgan fingerprint density at radius 1 is 1.50 bits per heavy atom. The third-order valence-electron chi connectivity index (χ3n) is 3.49. The molecule has 2 amide bonds. The lowest BCUT2D eigenvalue weighted by Gasteiger charge is -2.38.